The van der Waals surface area contributed by atoms with E-state index in [9.17, 15) is 9.59 Å². The van der Waals surface area contributed by atoms with Gasteiger partial charge in [-0.2, -0.15) is 0 Å². The molecule has 6 heteroatoms. The van der Waals surface area contributed by atoms with Crippen LogP contribution in [0.5, 0.6) is 5.75 Å². The highest BCUT2D eigenvalue weighted by Gasteiger charge is 2.28. The van der Waals surface area contributed by atoms with Crippen LogP contribution in [0.1, 0.15) is 64.9 Å². The van der Waals surface area contributed by atoms with Crippen LogP contribution in [0.4, 0.5) is 4.79 Å². The molecule has 1 aromatic rings. The standard InChI is InChI=1S/C22H34N2O4/c1-5-6-15-27-22(26)23-18-11-13-24(14-12-18)21(25)17(4)28-20-10-8-7-9-19(20)16(2)3/h7-10,16-18H,5-6,11-15H2,1-4H3,(H,23,26). The molecule has 2 rings (SSSR count). The molecule has 6 nitrogen and oxygen atoms in total. The molecule has 1 unspecified atom stereocenters. The van der Waals surface area contributed by atoms with E-state index in [1.807, 2.05) is 29.2 Å². The molecule has 0 aliphatic carbocycles. The molecule has 1 atom stereocenters. The van der Waals surface area contributed by atoms with Crippen LogP contribution < -0.4 is 10.1 Å². The lowest BCUT2D eigenvalue weighted by Gasteiger charge is -2.33. The molecule has 0 saturated carbocycles. The van der Waals surface area contributed by atoms with E-state index in [4.69, 9.17) is 9.47 Å². The van der Waals surface area contributed by atoms with Gasteiger partial charge < -0.3 is 19.7 Å². The van der Waals surface area contributed by atoms with E-state index in [0.717, 1.165) is 37.0 Å². The lowest BCUT2D eigenvalue weighted by Crippen LogP contribution is -2.49. The van der Waals surface area contributed by atoms with E-state index in [1.54, 1.807) is 6.92 Å². The smallest absolute Gasteiger partial charge is 0.407 e. The van der Waals surface area contributed by atoms with Crippen LogP contribution in [-0.2, 0) is 9.53 Å². The van der Waals surface area contributed by atoms with Gasteiger partial charge in [-0.15, -0.1) is 0 Å². The molecule has 156 valence electrons. The van der Waals surface area contributed by atoms with Gasteiger partial charge in [0.25, 0.3) is 5.91 Å². The zero-order valence-electron chi connectivity index (χ0n) is 17.6. The zero-order valence-corrected chi connectivity index (χ0v) is 17.6. The number of nitrogens with zero attached hydrogens (tertiary/aromatic N) is 1. The number of benzene rings is 1. The van der Waals surface area contributed by atoms with E-state index >= 15 is 0 Å². The average molecular weight is 391 g/mol. The highest BCUT2D eigenvalue weighted by atomic mass is 16.5. The maximum absolute atomic E-state index is 12.8. The molecular formula is C22H34N2O4. The summed E-state index contributed by atoms with van der Waals surface area (Å²) in [4.78, 5) is 26.4. The molecule has 1 aromatic carbocycles. The van der Waals surface area contributed by atoms with E-state index in [1.165, 1.54) is 0 Å². The van der Waals surface area contributed by atoms with E-state index < -0.39 is 6.10 Å². The predicted molar refractivity (Wildman–Crippen MR) is 110 cm³/mol. The number of hydrogen-bond donors (Lipinski definition) is 1. The number of carbonyl (C=O) groups excluding carboxylic acids is 2. The monoisotopic (exact) mass is 390 g/mol. The molecular weight excluding hydrogens is 356 g/mol. The minimum atomic E-state index is -0.539. The van der Waals surface area contributed by atoms with Crippen molar-refractivity contribution in [2.45, 2.75) is 71.4 Å². The quantitative estimate of drug-likeness (QED) is 0.679. The van der Waals surface area contributed by atoms with Crippen molar-refractivity contribution in [3.8, 4) is 5.75 Å². The van der Waals surface area contributed by atoms with Gasteiger partial charge in [0.2, 0.25) is 0 Å². The minimum absolute atomic E-state index is 0.0115. The van der Waals surface area contributed by atoms with Gasteiger partial charge in [0.05, 0.1) is 6.61 Å². The van der Waals surface area contributed by atoms with Gasteiger partial charge in [-0.05, 0) is 43.7 Å². The van der Waals surface area contributed by atoms with Gasteiger partial charge in [0, 0.05) is 19.1 Å². The van der Waals surface area contributed by atoms with Crippen LogP contribution in [0.15, 0.2) is 24.3 Å². The third kappa shape index (κ3) is 6.43. The Morgan fingerprint density at radius 3 is 2.50 bits per heavy atom. The summed E-state index contributed by atoms with van der Waals surface area (Å²) < 4.78 is 11.1. The number of hydrogen-bond acceptors (Lipinski definition) is 4. The minimum Gasteiger partial charge on any atom is -0.481 e. The van der Waals surface area contributed by atoms with Crippen molar-refractivity contribution in [1.82, 2.24) is 10.2 Å². The van der Waals surface area contributed by atoms with Crippen molar-refractivity contribution in [1.29, 1.82) is 0 Å². The van der Waals surface area contributed by atoms with E-state index in [0.29, 0.717) is 25.6 Å². The normalized spacial score (nSPS) is 16.0. The number of ether oxygens (including phenoxy) is 2. The second-order valence-electron chi connectivity index (χ2n) is 7.69. The van der Waals surface area contributed by atoms with E-state index in [-0.39, 0.29) is 18.0 Å². The first-order chi connectivity index (χ1) is 13.4. The van der Waals surface area contributed by atoms with Crippen molar-refractivity contribution in [2.75, 3.05) is 19.7 Å². The first-order valence-corrected chi connectivity index (χ1v) is 10.4. The second kappa shape index (κ2) is 10.9. The van der Waals surface area contributed by atoms with Crippen LogP contribution >= 0.6 is 0 Å². The molecule has 0 aromatic heterocycles. The van der Waals surface area contributed by atoms with Gasteiger partial charge in [-0.25, -0.2) is 4.79 Å². The number of piperidine rings is 1. The Bertz CT molecular complexity index is 639. The number of carbonyl (C=O) groups is 2. The van der Waals surface area contributed by atoms with Crippen LogP contribution in [0.2, 0.25) is 0 Å². The largest absolute Gasteiger partial charge is 0.481 e. The van der Waals surface area contributed by atoms with Crippen LogP contribution in [0.25, 0.3) is 0 Å². The number of para-hydroxylation sites is 1. The SMILES string of the molecule is CCCCOC(=O)NC1CCN(C(=O)C(C)Oc2ccccc2C(C)C)CC1. The van der Waals surface area contributed by atoms with Gasteiger partial charge in [-0.1, -0.05) is 45.4 Å². The number of rotatable bonds is 8. The lowest BCUT2D eigenvalue weighted by molar-refractivity contribution is -0.139. The summed E-state index contributed by atoms with van der Waals surface area (Å²) in [6.07, 6.45) is 2.42. The Balaban J connectivity index is 1.80. The number of amides is 2. The summed E-state index contributed by atoms with van der Waals surface area (Å²) in [6.45, 7) is 9.75. The van der Waals surface area contributed by atoms with Crippen LogP contribution in [0, 0.1) is 0 Å². The molecule has 0 bridgehead atoms. The van der Waals surface area contributed by atoms with Crippen molar-refractivity contribution in [3.05, 3.63) is 29.8 Å². The maximum atomic E-state index is 12.8. The summed E-state index contributed by atoms with van der Waals surface area (Å²) in [5, 5.41) is 2.90. The maximum Gasteiger partial charge on any atom is 0.407 e. The van der Waals surface area contributed by atoms with Crippen molar-refractivity contribution >= 4 is 12.0 Å². The van der Waals surface area contributed by atoms with Gasteiger partial charge in [0.1, 0.15) is 5.75 Å². The Labute approximate surface area is 168 Å². The summed E-state index contributed by atoms with van der Waals surface area (Å²) in [7, 11) is 0. The van der Waals surface area contributed by atoms with Crippen molar-refractivity contribution < 1.29 is 19.1 Å². The van der Waals surface area contributed by atoms with Crippen LogP contribution in [0.3, 0.4) is 0 Å². The van der Waals surface area contributed by atoms with Gasteiger partial charge in [0.15, 0.2) is 6.10 Å². The van der Waals surface area contributed by atoms with Crippen LogP contribution in [-0.4, -0.2) is 48.7 Å². The zero-order chi connectivity index (χ0) is 20.5. The number of likely N-dealkylation sites (tertiary alicyclic amines) is 1. The fraction of sp³-hybridized carbons (Fsp3) is 0.636. The summed E-state index contributed by atoms with van der Waals surface area (Å²) in [6, 6.07) is 7.92. The third-order valence-corrected chi connectivity index (χ3v) is 5.05. The topological polar surface area (TPSA) is 67.9 Å². The number of unbranched alkanes of at least 4 members (excludes halogenated alkanes) is 1. The first kappa shape index (κ1) is 22.1. The second-order valence-corrected chi connectivity index (χ2v) is 7.69. The molecule has 1 saturated heterocycles. The molecule has 1 N–H and O–H groups in total. The Morgan fingerprint density at radius 1 is 1.18 bits per heavy atom. The average Bonchev–Trinajstić information content (AvgIpc) is 2.68. The van der Waals surface area contributed by atoms with Crippen molar-refractivity contribution in [2.24, 2.45) is 0 Å². The third-order valence-electron chi connectivity index (χ3n) is 5.05. The Morgan fingerprint density at radius 2 is 1.86 bits per heavy atom. The summed E-state index contributed by atoms with van der Waals surface area (Å²) in [5.41, 5.74) is 1.10. The molecule has 0 radical (unpaired) electrons. The van der Waals surface area contributed by atoms with Gasteiger partial charge in [-0.3, -0.25) is 4.79 Å². The van der Waals surface area contributed by atoms with Crippen molar-refractivity contribution in [3.63, 3.8) is 0 Å². The summed E-state index contributed by atoms with van der Waals surface area (Å²) >= 11 is 0. The first-order valence-electron chi connectivity index (χ1n) is 10.4. The van der Waals surface area contributed by atoms with Gasteiger partial charge >= 0.3 is 6.09 Å². The molecule has 0 spiro atoms. The Hall–Kier alpha value is -2.24. The predicted octanol–water partition coefficient (Wildman–Crippen LogP) is 4.09. The molecule has 1 aliphatic heterocycles. The summed E-state index contributed by atoms with van der Waals surface area (Å²) in [5.74, 6) is 1.09. The molecule has 1 aliphatic rings. The van der Waals surface area contributed by atoms with E-state index in [2.05, 4.69) is 26.1 Å². The fourth-order valence-corrected chi connectivity index (χ4v) is 3.32. The number of alkyl carbamates (subject to hydrolysis) is 1. The molecule has 1 fully saturated rings. The molecule has 1 heterocycles. The Kier molecular flexibility index (Phi) is 8.61. The highest BCUT2D eigenvalue weighted by Crippen LogP contribution is 2.27. The fourth-order valence-electron chi connectivity index (χ4n) is 3.32. The number of nitrogens with one attached hydrogen (secondary N) is 1. The molecule has 28 heavy (non-hydrogen) atoms. The highest BCUT2D eigenvalue weighted by molar-refractivity contribution is 5.81. The lowest BCUT2D eigenvalue weighted by atomic mass is 10.0. The molecule has 2 amide bonds.